The number of anilines is 1. The first-order chi connectivity index (χ1) is 13.6. The van der Waals surface area contributed by atoms with Crippen molar-refractivity contribution < 1.29 is 14.4 Å². The van der Waals surface area contributed by atoms with E-state index in [2.05, 4.69) is 16.0 Å². The van der Waals surface area contributed by atoms with Crippen LogP contribution in [0.5, 0.6) is 0 Å². The highest BCUT2D eigenvalue weighted by Gasteiger charge is 2.22. The van der Waals surface area contributed by atoms with Gasteiger partial charge in [0.1, 0.15) is 0 Å². The quantitative estimate of drug-likeness (QED) is 0.656. The molecule has 6 heteroatoms. The average Bonchev–Trinajstić information content (AvgIpc) is 3.22. The summed E-state index contributed by atoms with van der Waals surface area (Å²) >= 11 is 0. The van der Waals surface area contributed by atoms with Gasteiger partial charge in [0.05, 0.1) is 11.3 Å². The lowest BCUT2D eigenvalue weighted by Crippen LogP contribution is -2.37. The number of hydrogen-bond acceptors (Lipinski definition) is 3. The molecule has 0 bridgehead atoms. The molecule has 152 valence electrons. The molecule has 3 amide bonds. The second kappa shape index (κ2) is 10.2. The second-order valence-corrected chi connectivity index (χ2v) is 8.00. The van der Waals surface area contributed by atoms with Crippen molar-refractivity contribution in [3.8, 4) is 0 Å². The van der Waals surface area contributed by atoms with E-state index < -0.39 is 11.8 Å². The largest absolute Gasteiger partial charge is 0.349 e. The van der Waals surface area contributed by atoms with Gasteiger partial charge in [-0.1, -0.05) is 57.1 Å². The van der Waals surface area contributed by atoms with Crippen molar-refractivity contribution >= 4 is 23.4 Å². The number of hydrogen-bond donors (Lipinski definition) is 3. The Kier molecular flexibility index (Phi) is 7.46. The number of carbonyl (C=O) groups is 3. The summed E-state index contributed by atoms with van der Waals surface area (Å²) in [5.74, 6) is -0.941. The van der Waals surface area contributed by atoms with Gasteiger partial charge in [0.25, 0.3) is 5.91 Å². The van der Waals surface area contributed by atoms with Crippen LogP contribution in [0, 0.1) is 5.92 Å². The van der Waals surface area contributed by atoms with Crippen LogP contribution in [0.2, 0.25) is 0 Å². The monoisotopic (exact) mass is 385 g/mol. The molecule has 0 unspecified atom stereocenters. The summed E-state index contributed by atoms with van der Waals surface area (Å²) in [7, 11) is 0. The highest BCUT2D eigenvalue weighted by Crippen LogP contribution is 2.25. The first kappa shape index (κ1) is 20.4. The number of para-hydroxylation sites is 1. The summed E-state index contributed by atoms with van der Waals surface area (Å²) in [5.41, 5.74) is 0.753. The van der Waals surface area contributed by atoms with Gasteiger partial charge in [-0.2, -0.15) is 0 Å². The van der Waals surface area contributed by atoms with E-state index in [9.17, 15) is 14.4 Å². The summed E-state index contributed by atoms with van der Waals surface area (Å²) in [6.45, 7) is 0.515. The molecular weight excluding hydrogens is 354 g/mol. The van der Waals surface area contributed by atoms with Gasteiger partial charge in [-0.05, 0) is 37.3 Å². The van der Waals surface area contributed by atoms with Gasteiger partial charge in [-0.25, -0.2) is 0 Å². The lowest BCUT2D eigenvalue weighted by molar-refractivity contribution is -0.136. The molecule has 6 nitrogen and oxygen atoms in total. The molecule has 0 aliphatic heterocycles. The van der Waals surface area contributed by atoms with Gasteiger partial charge in [0, 0.05) is 12.6 Å². The number of amides is 3. The maximum absolute atomic E-state index is 12.6. The fraction of sp³-hybridized carbons (Fsp3) is 0.591. The number of carbonyl (C=O) groups excluding carboxylic acids is 3. The Morgan fingerprint density at radius 2 is 1.54 bits per heavy atom. The predicted octanol–water partition coefficient (Wildman–Crippen LogP) is 3.38. The SMILES string of the molecule is O=C(NCCC1CCCCC1)C(=O)Nc1ccccc1C(=O)NC1CCCC1. The number of benzene rings is 1. The van der Waals surface area contributed by atoms with E-state index in [4.69, 9.17) is 0 Å². The Labute approximate surface area is 166 Å². The van der Waals surface area contributed by atoms with Crippen LogP contribution in [-0.4, -0.2) is 30.3 Å². The smallest absolute Gasteiger partial charge is 0.313 e. The van der Waals surface area contributed by atoms with Crippen molar-refractivity contribution in [1.29, 1.82) is 0 Å². The summed E-state index contributed by atoms with van der Waals surface area (Å²) < 4.78 is 0. The van der Waals surface area contributed by atoms with Gasteiger partial charge in [0.2, 0.25) is 0 Å². The predicted molar refractivity (Wildman–Crippen MR) is 109 cm³/mol. The Balaban J connectivity index is 1.50. The van der Waals surface area contributed by atoms with Crippen LogP contribution in [0.3, 0.4) is 0 Å². The van der Waals surface area contributed by atoms with Crippen LogP contribution in [-0.2, 0) is 9.59 Å². The molecule has 2 aliphatic rings. The van der Waals surface area contributed by atoms with E-state index in [1.807, 2.05) is 0 Å². The van der Waals surface area contributed by atoms with E-state index in [1.54, 1.807) is 24.3 Å². The average molecular weight is 386 g/mol. The molecule has 0 saturated heterocycles. The maximum Gasteiger partial charge on any atom is 0.313 e. The fourth-order valence-corrected chi connectivity index (χ4v) is 4.25. The Morgan fingerprint density at radius 3 is 2.29 bits per heavy atom. The minimum absolute atomic E-state index is 0.194. The molecule has 2 fully saturated rings. The normalized spacial score (nSPS) is 17.9. The fourth-order valence-electron chi connectivity index (χ4n) is 4.25. The van der Waals surface area contributed by atoms with E-state index in [0.29, 0.717) is 23.7 Å². The van der Waals surface area contributed by atoms with Crippen molar-refractivity contribution in [2.75, 3.05) is 11.9 Å². The number of nitrogens with one attached hydrogen (secondary N) is 3. The van der Waals surface area contributed by atoms with E-state index >= 15 is 0 Å². The molecule has 1 aromatic carbocycles. The van der Waals surface area contributed by atoms with Crippen LogP contribution in [0.1, 0.15) is 74.6 Å². The molecule has 2 aliphatic carbocycles. The molecule has 0 atom stereocenters. The first-order valence-electron chi connectivity index (χ1n) is 10.6. The molecule has 0 heterocycles. The van der Waals surface area contributed by atoms with Crippen LogP contribution in [0.25, 0.3) is 0 Å². The first-order valence-corrected chi connectivity index (χ1v) is 10.6. The molecule has 1 aromatic rings. The zero-order chi connectivity index (χ0) is 19.8. The van der Waals surface area contributed by atoms with Crippen LogP contribution in [0.4, 0.5) is 5.69 Å². The van der Waals surface area contributed by atoms with Gasteiger partial charge in [-0.3, -0.25) is 14.4 Å². The summed E-state index contributed by atoms with van der Waals surface area (Å²) in [6, 6.07) is 7.00. The highest BCUT2D eigenvalue weighted by molar-refractivity contribution is 6.40. The molecule has 0 radical (unpaired) electrons. The van der Waals surface area contributed by atoms with Crippen molar-refractivity contribution in [2.45, 2.75) is 70.3 Å². The van der Waals surface area contributed by atoms with Gasteiger partial charge in [0.15, 0.2) is 0 Å². The van der Waals surface area contributed by atoms with Crippen molar-refractivity contribution in [2.24, 2.45) is 5.92 Å². The third kappa shape index (κ3) is 5.81. The topological polar surface area (TPSA) is 87.3 Å². The van der Waals surface area contributed by atoms with Gasteiger partial charge < -0.3 is 16.0 Å². The van der Waals surface area contributed by atoms with Crippen molar-refractivity contribution in [3.63, 3.8) is 0 Å². The summed E-state index contributed by atoms with van der Waals surface area (Å²) in [6.07, 6.45) is 11.4. The van der Waals surface area contributed by atoms with Gasteiger partial charge >= 0.3 is 11.8 Å². The molecule has 2 saturated carbocycles. The molecular formula is C22H31N3O3. The lowest BCUT2D eigenvalue weighted by Gasteiger charge is -2.21. The van der Waals surface area contributed by atoms with Crippen LogP contribution >= 0.6 is 0 Å². The Hall–Kier alpha value is -2.37. The minimum atomic E-state index is -0.732. The second-order valence-electron chi connectivity index (χ2n) is 8.00. The van der Waals surface area contributed by atoms with E-state index in [-0.39, 0.29) is 11.9 Å². The molecule has 3 rings (SSSR count). The summed E-state index contributed by atoms with van der Waals surface area (Å²) in [4.78, 5) is 36.9. The van der Waals surface area contributed by atoms with Crippen LogP contribution < -0.4 is 16.0 Å². The summed E-state index contributed by atoms with van der Waals surface area (Å²) in [5, 5.41) is 8.32. The Bertz CT molecular complexity index is 692. The standard InChI is InChI=1S/C22H31N3O3/c26-20(24-17-10-4-5-11-17)18-12-6-7-13-19(18)25-22(28)21(27)23-15-14-16-8-2-1-3-9-16/h6-7,12-13,16-17H,1-5,8-11,14-15H2,(H,23,27)(H,24,26)(H,25,28). The minimum Gasteiger partial charge on any atom is -0.349 e. The zero-order valence-electron chi connectivity index (χ0n) is 16.5. The highest BCUT2D eigenvalue weighted by atomic mass is 16.2. The van der Waals surface area contributed by atoms with E-state index in [1.165, 1.54) is 32.1 Å². The van der Waals surface area contributed by atoms with Crippen LogP contribution in [0.15, 0.2) is 24.3 Å². The third-order valence-electron chi connectivity index (χ3n) is 5.88. The molecule has 0 spiro atoms. The van der Waals surface area contributed by atoms with Gasteiger partial charge in [-0.15, -0.1) is 0 Å². The zero-order valence-corrected chi connectivity index (χ0v) is 16.5. The third-order valence-corrected chi connectivity index (χ3v) is 5.88. The van der Waals surface area contributed by atoms with E-state index in [0.717, 1.165) is 32.1 Å². The lowest BCUT2D eigenvalue weighted by atomic mass is 9.87. The van der Waals surface area contributed by atoms with Crippen molar-refractivity contribution in [3.05, 3.63) is 29.8 Å². The molecule has 3 N–H and O–H groups in total. The maximum atomic E-state index is 12.6. The van der Waals surface area contributed by atoms with Crippen molar-refractivity contribution in [1.82, 2.24) is 10.6 Å². The molecule has 28 heavy (non-hydrogen) atoms. The number of rotatable bonds is 6. The molecule has 0 aromatic heterocycles. The Morgan fingerprint density at radius 1 is 0.857 bits per heavy atom.